The van der Waals surface area contributed by atoms with Crippen LogP contribution in [0.1, 0.15) is 5.56 Å². The van der Waals surface area contributed by atoms with Crippen molar-refractivity contribution in [2.24, 2.45) is 0 Å². The van der Waals surface area contributed by atoms with Gasteiger partial charge in [0.2, 0.25) is 0 Å². The molecule has 0 saturated heterocycles. The van der Waals surface area contributed by atoms with Gasteiger partial charge in [-0.05, 0) is 5.56 Å². The zero-order chi connectivity index (χ0) is 17.9. The summed E-state index contributed by atoms with van der Waals surface area (Å²) < 4.78 is 9.46. The first-order valence-electron chi connectivity index (χ1n) is 7.03. The standard InChI is InChI=1S/C15H19NO8/c17-7-11(18)14(21)12(19)9-23-13(20)6-16-15(22)24-8-10-4-2-1-3-5-10/h1-5,7,11-12,14,18-19,21H,6,8-9H2,(H,16,22)/t11-,12+,14+/m0/s1. The van der Waals surface area contributed by atoms with Gasteiger partial charge in [-0.15, -0.1) is 0 Å². The summed E-state index contributed by atoms with van der Waals surface area (Å²) in [6.45, 7) is -1.12. The van der Waals surface area contributed by atoms with Gasteiger partial charge in [-0.3, -0.25) is 4.79 Å². The van der Waals surface area contributed by atoms with Crippen LogP contribution >= 0.6 is 0 Å². The van der Waals surface area contributed by atoms with E-state index in [9.17, 15) is 24.6 Å². The largest absolute Gasteiger partial charge is 0.462 e. The second-order valence-corrected chi connectivity index (χ2v) is 4.78. The van der Waals surface area contributed by atoms with Crippen LogP contribution in [0, 0.1) is 0 Å². The fourth-order valence-corrected chi connectivity index (χ4v) is 1.55. The number of alkyl carbamates (subject to hydrolysis) is 1. The quantitative estimate of drug-likeness (QED) is 0.322. The van der Waals surface area contributed by atoms with Crippen LogP contribution < -0.4 is 5.32 Å². The van der Waals surface area contributed by atoms with Crippen molar-refractivity contribution >= 4 is 18.3 Å². The summed E-state index contributed by atoms with van der Waals surface area (Å²) in [4.78, 5) is 33.0. The molecule has 9 heteroatoms. The molecule has 24 heavy (non-hydrogen) atoms. The Morgan fingerprint density at radius 2 is 1.79 bits per heavy atom. The monoisotopic (exact) mass is 341 g/mol. The highest BCUT2D eigenvalue weighted by molar-refractivity contribution is 5.77. The Morgan fingerprint density at radius 3 is 2.42 bits per heavy atom. The van der Waals surface area contributed by atoms with E-state index in [1.807, 2.05) is 6.07 Å². The van der Waals surface area contributed by atoms with Gasteiger partial charge in [0.1, 0.15) is 38.1 Å². The number of hydrogen-bond acceptors (Lipinski definition) is 8. The van der Waals surface area contributed by atoms with Gasteiger partial charge in [-0.2, -0.15) is 0 Å². The number of nitrogens with one attached hydrogen (secondary N) is 1. The predicted octanol–water partition coefficient (Wildman–Crippen LogP) is -1.26. The molecule has 3 atom stereocenters. The van der Waals surface area contributed by atoms with Gasteiger partial charge in [-0.1, -0.05) is 30.3 Å². The number of hydrogen-bond donors (Lipinski definition) is 4. The highest BCUT2D eigenvalue weighted by Crippen LogP contribution is 2.01. The summed E-state index contributed by atoms with van der Waals surface area (Å²) >= 11 is 0. The average molecular weight is 341 g/mol. The van der Waals surface area contributed by atoms with Crippen LogP contribution in [-0.2, 0) is 25.7 Å². The summed E-state index contributed by atoms with van der Waals surface area (Å²) in [5.74, 6) is -0.890. The number of aliphatic hydroxyl groups excluding tert-OH is 3. The second kappa shape index (κ2) is 10.3. The molecule has 0 aliphatic carbocycles. The van der Waals surface area contributed by atoms with E-state index < -0.39 is 43.5 Å². The van der Waals surface area contributed by atoms with Crippen LogP contribution in [0.15, 0.2) is 30.3 Å². The third-order valence-corrected chi connectivity index (χ3v) is 2.89. The van der Waals surface area contributed by atoms with Gasteiger partial charge in [0, 0.05) is 0 Å². The number of aldehydes is 1. The minimum atomic E-state index is -1.79. The van der Waals surface area contributed by atoms with Gasteiger partial charge in [-0.25, -0.2) is 4.79 Å². The Morgan fingerprint density at radius 1 is 1.12 bits per heavy atom. The first kappa shape index (κ1) is 19.6. The minimum absolute atomic E-state index is 0.0379. The van der Waals surface area contributed by atoms with Crippen LogP contribution in [0.5, 0.6) is 0 Å². The molecule has 132 valence electrons. The number of carbonyl (C=O) groups is 3. The molecule has 1 aromatic carbocycles. The Labute approximate surface area is 137 Å². The summed E-state index contributed by atoms with van der Waals surface area (Å²) in [6, 6.07) is 8.92. The summed E-state index contributed by atoms with van der Waals surface area (Å²) in [5, 5.41) is 29.8. The van der Waals surface area contributed by atoms with E-state index in [0.717, 1.165) is 5.56 Å². The maximum Gasteiger partial charge on any atom is 0.407 e. The number of aliphatic hydroxyl groups is 3. The van der Waals surface area contributed by atoms with Crippen LogP contribution in [0.4, 0.5) is 4.79 Å². The normalized spacial score (nSPS) is 14.1. The van der Waals surface area contributed by atoms with E-state index >= 15 is 0 Å². The first-order chi connectivity index (χ1) is 11.4. The van der Waals surface area contributed by atoms with E-state index in [0.29, 0.717) is 0 Å². The van der Waals surface area contributed by atoms with E-state index in [1.165, 1.54) is 0 Å². The van der Waals surface area contributed by atoms with E-state index in [2.05, 4.69) is 10.1 Å². The number of amides is 1. The fourth-order valence-electron chi connectivity index (χ4n) is 1.55. The molecule has 0 spiro atoms. The number of esters is 1. The second-order valence-electron chi connectivity index (χ2n) is 4.78. The van der Waals surface area contributed by atoms with E-state index in [-0.39, 0.29) is 12.9 Å². The maximum absolute atomic E-state index is 11.4. The Hall–Kier alpha value is -2.49. The summed E-state index contributed by atoms with van der Waals surface area (Å²) in [6.07, 6.45) is -5.99. The van der Waals surface area contributed by atoms with Gasteiger partial charge in [0.25, 0.3) is 0 Å². The van der Waals surface area contributed by atoms with Crippen molar-refractivity contribution < 1.29 is 39.2 Å². The molecule has 0 aromatic heterocycles. The van der Waals surface area contributed by atoms with Crippen LogP contribution in [0.25, 0.3) is 0 Å². The van der Waals surface area contributed by atoms with Gasteiger partial charge < -0.3 is 34.9 Å². The lowest BCUT2D eigenvalue weighted by molar-refractivity contribution is -0.151. The van der Waals surface area contributed by atoms with Crippen molar-refractivity contribution in [3.05, 3.63) is 35.9 Å². The zero-order valence-corrected chi connectivity index (χ0v) is 12.7. The molecule has 0 bridgehead atoms. The summed E-state index contributed by atoms with van der Waals surface area (Å²) in [7, 11) is 0. The molecule has 0 radical (unpaired) electrons. The topological polar surface area (TPSA) is 142 Å². The third kappa shape index (κ3) is 7.18. The first-order valence-corrected chi connectivity index (χ1v) is 7.03. The Kier molecular flexibility index (Phi) is 8.41. The van der Waals surface area contributed by atoms with Crippen LogP contribution in [0.3, 0.4) is 0 Å². The molecule has 0 heterocycles. The molecule has 9 nitrogen and oxygen atoms in total. The van der Waals surface area contributed by atoms with Crippen molar-refractivity contribution in [1.82, 2.24) is 5.32 Å². The lowest BCUT2D eigenvalue weighted by Crippen LogP contribution is -2.42. The summed E-state index contributed by atoms with van der Waals surface area (Å²) in [5.41, 5.74) is 0.779. The zero-order valence-electron chi connectivity index (χ0n) is 12.7. The molecule has 0 fully saturated rings. The van der Waals surface area contributed by atoms with Crippen molar-refractivity contribution in [2.75, 3.05) is 13.2 Å². The minimum Gasteiger partial charge on any atom is -0.462 e. The number of benzene rings is 1. The highest BCUT2D eigenvalue weighted by Gasteiger charge is 2.25. The Balaban J connectivity index is 2.21. The molecule has 0 unspecified atom stereocenters. The van der Waals surface area contributed by atoms with Gasteiger partial charge in [0.05, 0.1) is 0 Å². The third-order valence-electron chi connectivity index (χ3n) is 2.89. The van der Waals surface area contributed by atoms with Crippen molar-refractivity contribution in [3.63, 3.8) is 0 Å². The predicted molar refractivity (Wildman–Crippen MR) is 79.7 cm³/mol. The molecule has 1 rings (SSSR count). The highest BCUT2D eigenvalue weighted by atomic mass is 16.6. The van der Waals surface area contributed by atoms with Gasteiger partial charge >= 0.3 is 12.1 Å². The van der Waals surface area contributed by atoms with Crippen LogP contribution in [-0.4, -0.2) is 65.1 Å². The lowest BCUT2D eigenvalue weighted by atomic mass is 10.1. The SMILES string of the molecule is O=C[C@H](O)[C@@H](O)[C@H](O)COC(=O)CNC(=O)OCc1ccccc1. The molecular weight excluding hydrogens is 322 g/mol. The number of carbonyl (C=O) groups excluding carboxylic acids is 3. The van der Waals surface area contributed by atoms with E-state index in [1.54, 1.807) is 24.3 Å². The average Bonchev–Trinajstić information content (AvgIpc) is 2.62. The maximum atomic E-state index is 11.4. The molecule has 1 aromatic rings. The van der Waals surface area contributed by atoms with Crippen molar-refractivity contribution in [3.8, 4) is 0 Å². The Bertz CT molecular complexity index is 536. The number of ether oxygens (including phenoxy) is 2. The molecule has 0 aliphatic rings. The number of rotatable bonds is 9. The fraction of sp³-hybridized carbons (Fsp3) is 0.400. The molecule has 4 N–H and O–H groups in total. The van der Waals surface area contributed by atoms with Crippen molar-refractivity contribution in [1.29, 1.82) is 0 Å². The molecule has 0 aliphatic heterocycles. The van der Waals surface area contributed by atoms with Crippen LogP contribution in [0.2, 0.25) is 0 Å². The van der Waals surface area contributed by atoms with E-state index in [4.69, 9.17) is 9.84 Å². The lowest BCUT2D eigenvalue weighted by Gasteiger charge is -2.19. The molecular formula is C15H19NO8. The van der Waals surface area contributed by atoms with Gasteiger partial charge in [0.15, 0.2) is 6.29 Å². The van der Waals surface area contributed by atoms with Crippen molar-refractivity contribution in [2.45, 2.75) is 24.9 Å². The molecule has 0 saturated carbocycles. The molecule has 1 amide bonds. The smallest absolute Gasteiger partial charge is 0.407 e.